The number of benzene rings is 1. The van der Waals surface area contributed by atoms with E-state index in [1.54, 1.807) is 18.2 Å². The standard InChI is InChI=1S/C15H16ClN3O4/c1-9(2)23-13-5-4-11(7-14(13)22-3)18-15-12(19(20)21)6-10(16)8-17-15/h4-9H,1-3H3,(H,17,18). The molecule has 8 heteroatoms. The van der Waals surface area contributed by atoms with Crippen LogP contribution >= 0.6 is 11.6 Å². The molecule has 2 rings (SSSR count). The van der Waals surface area contributed by atoms with Gasteiger partial charge >= 0.3 is 5.69 Å². The van der Waals surface area contributed by atoms with E-state index in [1.165, 1.54) is 19.4 Å². The first-order chi connectivity index (χ1) is 10.9. The van der Waals surface area contributed by atoms with Crippen molar-refractivity contribution < 1.29 is 14.4 Å². The fraction of sp³-hybridized carbons (Fsp3) is 0.267. The zero-order valence-corrected chi connectivity index (χ0v) is 13.6. The minimum absolute atomic E-state index is 0.00160. The van der Waals surface area contributed by atoms with Crippen molar-refractivity contribution in [1.29, 1.82) is 0 Å². The molecular formula is C15H16ClN3O4. The van der Waals surface area contributed by atoms with Gasteiger partial charge in [-0.2, -0.15) is 0 Å². The number of ether oxygens (including phenoxy) is 2. The van der Waals surface area contributed by atoms with E-state index in [1.807, 2.05) is 13.8 Å². The Kier molecular flexibility index (Phi) is 5.23. The van der Waals surface area contributed by atoms with Gasteiger partial charge < -0.3 is 14.8 Å². The largest absolute Gasteiger partial charge is 0.493 e. The maximum absolute atomic E-state index is 11.1. The van der Waals surface area contributed by atoms with E-state index in [-0.39, 0.29) is 22.6 Å². The molecule has 0 amide bonds. The number of halogens is 1. The van der Waals surface area contributed by atoms with Crippen molar-refractivity contribution in [3.8, 4) is 11.5 Å². The summed E-state index contributed by atoms with van der Waals surface area (Å²) in [4.78, 5) is 14.5. The first-order valence-corrected chi connectivity index (χ1v) is 7.20. The summed E-state index contributed by atoms with van der Waals surface area (Å²) in [5.41, 5.74) is 0.370. The minimum Gasteiger partial charge on any atom is -0.493 e. The number of aromatic nitrogens is 1. The number of rotatable bonds is 6. The maximum Gasteiger partial charge on any atom is 0.313 e. The van der Waals surface area contributed by atoms with Gasteiger partial charge in [0.2, 0.25) is 5.82 Å². The molecule has 2 aromatic rings. The van der Waals surface area contributed by atoms with Crippen molar-refractivity contribution in [3.05, 3.63) is 45.6 Å². The van der Waals surface area contributed by atoms with Gasteiger partial charge in [0.25, 0.3) is 0 Å². The summed E-state index contributed by atoms with van der Waals surface area (Å²) in [6, 6.07) is 6.37. The van der Waals surface area contributed by atoms with Gasteiger partial charge in [-0.1, -0.05) is 11.6 Å². The fourth-order valence-corrected chi connectivity index (χ4v) is 2.05. The van der Waals surface area contributed by atoms with Crippen molar-refractivity contribution >= 4 is 28.8 Å². The second-order valence-corrected chi connectivity index (χ2v) is 5.37. The van der Waals surface area contributed by atoms with Crippen LogP contribution in [0.5, 0.6) is 11.5 Å². The normalized spacial score (nSPS) is 10.5. The van der Waals surface area contributed by atoms with Crippen LogP contribution in [0.3, 0.4) is 0 Å². The summed E-state index contributed by atoms with van der Waals surface area (Å²) < 4.78 is 10.9. The molecule has 0 spiro atoms. The smallest absolute Gasteiger partial charge is 0.313 e. The van der Waals surface area contributed by atoms with E-state index >= 15 is 0 Å². The summed E-state index contributed by atoms with van der Waals surface area (Å²) in [6.07, 6.45) is 1.34. The Morgan fingerprint density at radius 1 is 1.30 bits per heavy atom. The highest BCUT2D eigenvalue weighted by Gasteiger charge is 2.17. The Morgan fingerprint density at radius 2 is 2.04 bits per heavy atom. The molecule has 0 aliphatic heterocycles. The SMILES string of the molecule is COc1cc(Nc2ncc(Cl)cc2[N+](=O)[O-])ccc1OC(C)C. The molecule has 1 aromatic carbocycles. The first kappa shape index (κ1) is 16.8. The third-order valence-corrected chi connectivity index (χ3v) is 3.03. The quantitative estimate of drug-likeness (QED) is 0.628. The zero-order chi connectivity index (χ0) is 17.0. The van der Waals surface area contributed by atoms with E-state index in [4.69, 9.17) is 21.1 Å². The number of nitrogens with one attached hydrogen (secondary N) is 1. The van der Waals surface area contributed by atoms with Crippen LogP contribution in [-0.2, 0) is 0 Å². The van der Waals surface area contributed by atoms with Gasteiger partial charge in [0.1, 0.15) is 0 Å². The number of methoxy groups -OCH3 is 1. The summed E-state index contributed by atoms with van der Waals surface area (Å²) in [6.45, 7) is 3.82. The summed E-state index contributed by atoms with van der Waals surface area (Å²) >= 11 is 5.75. The highest BCUT2D eigenvalue weighted by Crippen LogP contribution is 2.34. The Morgan fingerprint density at radius 3 is 2.65 bits per heavy atom. The molecule has 0 saturated carbocycles. The minimum atomic E-state index is -0.547. The Bertz CT molecular complexity index is 722. The van der Waals surface area contributed by atoms with Gasteiger partial charge in [-0.15, -0.1) is 0 Å². The second-order valence-electron chi connectivity index (χ2n) is 4.94. The van der Waals surface area contributed by atoms with Crippen LogP contribution in [-0.4, -0.2) is 23.1 Å². The Hall–Kier alpha value is -2.54. The van der Waals surface area contributed by atoms with Crippen molar-refractivity contribution in [2.75, 3.05) is 12.4 Å². The molecule has 23 heavy (non-hydrogen) atoms. The fourth-order valence-electron chi connectivity index (χ4n) is 1.90. The molecule has 0 atom stereocenters. The molecule has 0 aliphatic rings. The lowest BCUT2D eigenvalue weighted by Crippen LogP contribution is -2.07. The van der Waals surface area contributed by atoms with E-state index in [9.17, 15) is 10.1 Å². The van der Waals surface area contributed by atoms with Crippen molar-refractivity contribution in [1.82, 2.24) is 4.98 Å². The van der Waals surface area contributed by atoms with Crippen LogP contribution < -0.4 is 14.8 Å². The maximum atomic E-state index is 11.1. The van der Waals surface area contributed by atoms with E-state index in [2.05, 4.69) is 10.3 Å². The lowest BCUT2D eigenvalue weighted by molar-refractivity contribution is -0.384. The lowest BCUT2D eigenvalue weighted by Gasteiger charge is -2.15. The summed E-state index contributed by atoms with van der Waals surface area (Å²) in [5.74, 6) is 1.20. The highest BCUT2D eigenvalue weighted by atomic mass is 35.5. The summed E-state index contributed by atoms with van der Waals surface area (Å²) in [7, 11) is 1.52. The molecule has 122 valence electrons. The Balaban J connectivity index is 2.32. The number of hydrogen-bond donors (Lipinski definition) is 1. The van der Waals surface area contributed by atoms with Crippen molar-refractivity contribution in [3.63, 3.8) is 0 Å². The average Bonchev–Trinajstić information content (AvgIpc) is 2.49. The molecule has 1 heterocycles. The molecule has 0 bridgehead atoms. The van der Waals surface area contributed by atoms with Gasteiger partial charge in [-0.25, -0.2) is 4.98 Å². The van der Waals surface area contributed by atoms with E-state index in [0.29, 0.717) is 17.2 Å². The number of nitrogens with zero attached hydrogens (tertiary/aromatic N) is 2. The van der Waals surface area contributed by atoms with Crippen LogP contribution in [0.25, 0.3) is 0 Å². The van der Waals surface area contributed by atoms with Gasteiger partial charge in [-0.3, -0.25) is 10.1 Å². The lowest BCUT2D eigenvalue weighted by atomic mass is 10.2. The van der Waals surface area contributed by atoms with E-state index < -0.39 is 4.92 Å². The molecule has 7 nitrogen and oxygen atoms in total. The monoisotopic (exact) mass is 337 g/mol. The molecular weight excluding hydrogens is 322 g/mol. The number of nitro groups is 1. The third-order valence-electron chi connectivity index (χ3n) is 2.82. The number of hydrogen-bond acceptors (Lipinski definition) is 6. The van der Waals surface area contributed by atoms with Gasteiger partial charge in [0.05, 0.1) is 23.2 Å². The van der Waals surface area contributed by atoms with Crippen molar-refractivity contribution in [2.24, 2.45) is 0 Å². The predicted molar refractivity (Wildman–Crippen MR) is 87.9 cm³/mol. The molecule has 0 saturated heterocycles. The molecule has 1 aromatic heterocycles. The van der Waals surface area contributed by atoms with Crippen LogP contribution in [0.4, 0.5) is 17.2 Å². The van der Waals surface area contributed by atoms with Gasteiger partial charge in [0.15, 0.2) is 11.5 Å². The molecule has 1 N–H and O–H groups in total. The van der Waals surface area contributed by atoms with Gasteiger partial charge in [-0.05, 0) is 26.0 Å². The second kappa shape index (κ2) is 7.15. The highest BCUT2D eigenvalue weighted by molar-refractivity contribution is 6.30. The molecule has 0 unspecified atom stereocenters. The van der Waals surface area contributed by atoms with Crippen molar-refractivity contribution in [2.45, 2.75) is 20.0 Å². The Labute approximate surface area is 138 Å². The number of pyridine rings is 1. The predicted octanol–water partition coefficient (Wildman–Crippen LogP) is 4.18. The molecule has 0 radical (unpaired) electrons. The molecule has 0 fully saturated rings. The summed E-state index contributed by atoms with van der Waals surface area (Å²) in [5, 5.41) is 14.2. The third kappa shape index (κ3) is 4.23. The molecule has 0 aliphatic carbocycles. The van der Waals surface area contributed by atoms with Crippen LogP contribution in [0.1, 0.15) is 13.8 Å². The van der Waals surface area contributed by atoms with Crippen LogP contribution in [0, 0.1) is 10.1 Å². The zero-order valence-electron chi connectivity index (χ0n) is 12.9. The van der Waals surface area contributed by atoms with Crippen LogP contribution in [0.15, 0.2) is 30.5 Å². The van der Waals surface area contributed by atoms with E-state index in [0.717, 1.165) is 0 Å². The average molecular weight is 338 g/mol. The van der Waals surface area contributed by atoms with Crippen LogP contribution in [0.2, 0.25) is 5.02 Å². The first-order valence-electron chi connectivity index (χ1n) is 6.82. The number of anilines is 2. The van der Waals surface area contributed by atoms with Gasteiger partial charge in [0, 0.05) is 24.0 Å². The topological polar surface area (TPSA) is 86.5 Å².